The number of Topliss-reactive ketones (excluding diaryl/α,β-unsaturated/α-hetero) is 2. The number of hydrogen-bond donors (Lipinski definition) is 0. The molecule has 2 heteroatoms. The van der Waals surface area contributed by atoms with Gasteiger partial charge in [0.25, 0.3) is 0 Å². The summed E-state index contributed by atoms with van der Waals surface area (Å²) in [4.78, 5) is 24.9. The zero-order valence-corrected chi connectivity index (χ0v) is 12.4. The van der Waals surface area contributed by atoms with Crippen LogP contribution in [0.5, 0.6) is 0 Å². The van der Waals surface area contributed by atoms with E-state index in [1.165, 1.54) is 0 Å². The van der Waals surface area contributed by atoms with Gasteiger partial charge in [-0.15, -0.1) is 0 Å². The first-order chi connectivity index (χ1) is 10.7. The van der Waals surface area contributed by atoms with Gasteiger partial charge in [-0.3, -0.25) is 9.59 Å². The molecule has 0 unspecified atom stereocenters. The molecule has 0 fully saturated rings. The summed E-state index contributed by atoms with van der Waals surface area (Å²) in [5, 5.41) is 0. The molecule has 0 N–H and O–H groups in total. The molecule has 2 aromatic carbocycles. The molecule has 2 nitrogen and oxygen atoms in total. The van der Waals surface area contributed by atoms with Gasteiger partial charge in [0.1, 0.15) is 0 Å². The average molecular weight is 288 g/mol. The Bertz CT molecular complexity index is 795. The van der Waals surface area contributed by atoms with E-state index in [2.05, 4.69) is 0 Å². The van der Waals surface area contributed by atoms with Gasteiger partial charge in [0.2, 0.25) is 0 Å². The van der Waals surface area contributed by atoms with Crippen LogP contribution in [0.2, 0.25) is 0 Å². The van der Waals surface area contributed by atoms with E-state index in [1.807, 2.05) is 42.5 Å². The Morgan fingerprint density at radius 2 is 1.41 bits per heavy atom. The molecule has 0 bridgehead atoms. The van der Waals surface area contributed by atoms with Crippen molar-refractivity contribution in [1.82, 2.24) is 0 Å². The van der Waals surface area contributed by atoms with E-state index in [-0.39, 0.29) is 11.6 Å². The molecule has 1 aliphatic carbocycles. The maximum Gasteiger partial charge on any atom is 0.190 e. The molecule has 0 radical (unpaired) electrons. The van der Waals surface area contributed by atoms with E-state index in [9.17, 15) is 9.59 Å². The van der Waals surface area contributed by atoms with Crippen LogP contribution in [0.15, 0.2) is 71.8 Å². The van der Waals surface area contributed by atoms with Gasteiger partial charge in [-0.1, -0.05) is 66.7 Å². The maximum atomic E-state index is 12.6. The van der Waals surface area contributed by atoms with E-state index in [4.69, 9.17) is 0 Å². The van der Waals surface area contributed by atoms with Gasteiger partial charge in [-0.05, 0) is 18.9 Å². The Morgan fingerprint density at radius 3 is 2.09 bits per heavy atom. The first-order valence-electron chi connectivity index (χ1n) is 7.28. The summed E-state index contributed by atoms with van der Waals surface area (Å²) in [5.74, 6) is -0.0799. The van der Waals surface area contributed by atoms with E-state index in [1.54, 1.807) is 31.2 Å². The number of fused-ring (bicyclic) bond motifs is 1. The predicted molar refractivity (Wildman–Crippen MR) is 87.9 cm³/mol. The highest BCUT2D eigenvalue weighted by Gasteiger charge is 2.28. The number of ketones is 2. The topological polar surface area (TPSA) is 34.1 Å². The molecule has 0 atom stereocenters. The van der Waals surface area contributed by atoms with Crippen molar-refractivity contribution >= 4 is 17.6 Å². The van der Waals surface area contributed by atoms with Gasteiger partial charge >= 0.3 is 0 Å². The highest BCUT2D eigenvalue weighted by atomic mass is 16.1. The maximum absolute atomic E-state index is 12.6. The third-order valence-corrected chi connectivity index (χ3v) is 3.92. The lowest BCUT2D eigenvalue weighted by atomic mass is 9.83. The second-order valence-electron chi connectivity index (χ2n) is 5.32. The molecule has 0 aliphatic heterocycles. The normalized spacial score (nSPS) is 14.6. The van der Waals surface area contributed by atoms with Crippen LogP contribution in [-0.4, -0.2) is 11.6 Å². The molecule has 1 aliphatic rings. The van der Waals surface area contributed by atoms with Gasteiger partial charge in [0, 0.05) is 22.3 Å². The predicted octanol–water partition coefficient (Wildman–Crippen LogP) is 4.49. The van der Waals surface area contributed by atoms with Crippen molar-refractivity contribution < 1.29 is 9.59 Å². The van der Waals surface area contributed by atoms with Crippen molar-refractivity contribution in [3.63, 3.8) is 0 Å². The fraction of sp³-hybridized carbons (Fsp3) is 0.100. The highest BCUT2D eigenvalue weighted by Crippen LogP contribution is 2.28. The zero-order chi connectivity index (χ0) is 15.5. The molecular weight excluding hydrogens is 272 g/mol. The van der Waals surface area contributed by atoms with E-state index >= 15 is 0 Å². The molecule has 2 aromatic rings. The number of carbonyl (C=O) groups is 2. The summed E-state index contributed by atoms with van der Waals surface area (Å²) in [5.41, 5.74) is 3.26. The molecule has 0 spiro atoms. The standard InChI is InChI=1S/C20H16O2/c1-14-16(13-7-10-15-8-3-2-4-9-15)20(22)18-12-6-5-11-17(18)19(14)21/h2-12H,13H2,1H3/b10-7+. The highest BCUT2D eigenvalue weighted by molar-refractivity contribution is 6.26. The summed E-state index contributed by atoms with van der Waals surface area (Å²) < 4.78 is 0. The van der Waals surface area contributed by atoms with Crippen LogP contribution in [0.4, 0.5) is 0 Å². The van der Waals surface area contributed by atoms with Crippen molar-refractivity contribution in [3.05, 3.63) is 88.5 Å². The lowest BCUT2D eigenvalue weighted by Crippen LogP contribution is -2.20. The van der Waals surface area contributed by atoms with Crippen molar-refractivity contribution in [3.8, 4) is 0 Å². The van der Waals surface area contributed by atoms with Crippen molar-refractivity contribution in [2.45, 2.75) is 13.3 Å². The smallest absolute Gasteiger partial charge is 0.190 e. The Morgan fingerprint density at radius 1 is 0.818 bits per heavy atom. The quantitative estimate of drug-likeness (QED) is 0.834. The Balaban J connectivity index is 1.88. The third kappa shape index (κ3) is 2.56. The van der Waals surface area contributed by atoms with Gasteiger partial charge in [0.15, 0.2) is 11.6 Å². The summed E-state index contributed by atoms with van der Waals surface area (Å²) in [6, 6.07) is 16.9. The van der Waals surface area contributed by atoms with Crippen LogP contribution in [0.25, 0.3) is 6.08 Å². The number of rotatable bonds is 3. The fourth-order valence-corrected chi connectivity index (χ4v) is 2.67. The second-order valence-corrected chi connectivity index (χ2v) is 5.32. The second kappa shape index (κ2) is 5.94. The monoisotopic (exact) mass is 288 g/mol. The minimum Gasteiger partial charge on any atom is -0.289 e. The van der Waals surface area contributed by atoms with Crippen molar-refractivity contribution in [2.24, 2.45) is 0 Å². The Labute approximate surface area is 129 Å². The van der Waals surface area contributed by atoms with Crippen LogP contribution < -0.4 is 0 Å². The molecular formula is C20H16O2. The van der Waals surface area contributed by atoms with Crippen molar-refractivity contribution in [2.75, 3.05) is 0 Å². The molecule has 108 valence electrons. The number of allylic oxidation sites excluding steroid dienone is 3. The largest absolute Gasteiger partial charge is 0.289 e. The van der Waals surface area contributed by atoms with Gasteiger partial charge in [-0.2, -0.15) is 0 Å². The minimum atomic E-state index is -0.0432. The average Bonchev–Trinajstić information content (AvgIpc) is 2.57. The van der Waals surface area contributed by atoms with E-state index < -0.39 is 0 Å². The van der Waals surface area contributed by atoms with E-state index in [0.29, 0.717) is 28.7 Å². The lowest BCUT2D eigenvalue weighted by molar-refractivity contribution is 0.0973. The molecule has 0 heterocycles. The molecule has 0 amide bonds. The lowest BCUT2D eigenvalue weighted by Gasteiger charge is -2.17. The van der Waals surface area contributed by atoms with E-state index in [0.717, 1.165) is 5.56 Å². The number of benzene rings is 2. The van der Waals surface area contributed by atoms with Crippen LogP contribution in [0.3, 0.4) is 0 Å². The first-order valence-corrected chi connectivity index (χ1v) is 7.28. The van der Waals surface area contributed by atoms with Crippen molar-refractivity contribution in [1.29, 1.82) is 0 Å². The number of hydrogen-bond acceptors (Lipinski definition) is 2. The first kappa shape index (κ1) is 14.2. The summed E-state index contributed by atoms with van der Waals surface area (Å²) in [6.07, 6.45) is 4.38. The molecule has 3 rings (SSSR count). The molecule has 22 heavy (non-hydrogen) atoms. The third-order valence-electron chi connectivity index (χ3n) is 3.92. The zero-order valence-electron chi connectivity index (χ0n) is 12.4. The fourth-order valence-electron chi connectivity index (χ4n) is 2.67. The summed E-state index contributed by atoms with van der Waals surface area (Å²) in [6.45, 7) is 1.74. The Hall–Kier alpha value is -2.74. The molecule has 0 saturated heterocycles. The van der Waals surface area contributed by atoms with Gasteiger partial charge in [-0.25, -0.2) is 0 Å². The van der Waals surface area contributed by atoms with Crippen LogP contribution in [-0.2, 0) is 0 Å². The SMILES string of the molecule is CC1=C(C/C=C/c2ccccc2)C(=O)c2ccccc2C1=O. The van der Waals surface area contributed by atoms with Gasteiger partial charge < -0.3 is 0 Å². The van der Waals surface area contributed by atoms with Crippen LogP contribution in [0, 0.1) is 0 Å². The summed E-state index contributed by atoms with van der Waals surface area (Å²) >= 11 is 0. The Kier molecular flexibility index (Phi) is 3.84. The van der Waals surface area contributed by atoms with Crippen LogP contribution >= 0.6 is 0 Å². The summed E-state index contributed by atoms with van der Waals surface area (Å²) in [7, 11) is 0. The minimum absolute atomic E-state index is 0.0367. The van der Waals surface area contributed by atoms with Gasteiger partial charge in [0.05, 0.1) is 0 Å². The molecule has 0 aromatic heterocycles. The number of carbonyl (C=O) groups excluding carboxylic acids is 2. The van der Waals surface area contributed by atoms with Crippen LogP contribution in [0.1, 0.15) is 39.6 Å². The molecule has 0 saturated carbocycles.